The van der Waals surface area contributed by atoms with Crippen molar-refractivity contribution >= 4 is 24.7 Å². The maximum atomic E-state index is 13.8. The summed E-state index contributed by atoms with van der Waals surface area (Å²) in [5, 5.41) is 2.06. The van der Waals surface area contributed by atoms with Crippen molar-refractivity contribution in [2.45, 2.75) is 29.8 Å². The third-order valence-corrected chi connectivity index (χ3v) is 3.05. The van der Waals surface area contributed by atoms with Crippen molar-refractivity contribution in [2.75, 3.05) is 5.32 Å². The van der Waals surface area contributed by atoms with Crippen LogP contribution in [-0.4, -0.2) is 18.8 Å². The molecule has 0 atom stereocenters. The molecule has 2 nitrogen and oxygen atoms in total. The van der Waals surface area contributed by atoms with Gasteiger partial charge < -0.3 is 5.32 Å². The lowest BCUT2D eigenvalue weighted by Gasteiger charge is -2.31. The van der Waals surface area contributed by atoms with Gasteiger partial charge in [0.15, 0.2) is 0 Å². The first kappa shape index (κ1) is 17.6. The Balaban J connectivity index is 3.60. The molecule has 0 aromatic heterocycles. The number of hydrogen-bond acceptors (Lipinski definition) is 2. The van der Waals surface area contributed by atoms with Crippen LogP contribution in [0.1, 0.15) is 11.1 Å². The van der Waals surface area contributed by atoms with E-state index in [-0.39, 0.29) is 23.7 Å². The van der Waals surface area contributed by atoms with Crippen LogP contribution in [-0.2, 0) is 10.5 Å². The van der Waals surface area contributed by atoms with Crippen molar-refractivity contribution in [3.63, 3.8) is 0 Å². The Kier molecular flexibility index (Phi) is 4.52. The van der Waals surface area contributed by atoms with Gasteiger partial charge in [-0.15, -0.1) is 12.6 Å². The highest BCUT2D eigenvalue weighted by atomic mass is 32.1. The number of aryl methyl sites for hydroxylation is 1. The lowest BCUT2D eigenvalue weighted by Crippen LogP contribution is -2.50. The molecule has 0 saturated carbocycles. The molecular formula is C11H8F7NOS. The molecule has 1 rings (SSSR count). The second-order valence-corrected chi connectivity index (χ2v) is 4.59. The quantitative estimate of drug-likeness (QED) is 0.485. The molecular weight excluding hydrogens is 327 g/mol. The molecule has 1 N–H and O–H groups in total. The second-order valence-electron chi connectivity index (χ2n) is 4.10. The fourth-order valence-electron chi connectivity index (χ4n) is 1.70. The first-order chi connectivity index (χ1) is 9.36. The highest BCUT2D eigenvalue weighted by Gasteiger charge is 2.73. The fraction of sp³-hybridized carbons (Fsp3) is 0.364. The summed E-state index contributed by atoms with van der Waals surface area (Å²) >= 11 is 3.67. The zero-order valence-corrected chi connectivity index (χ0v) is 11.1. The molecule has 118 valence electrons. The average Bonchev–Trinajstić information content (AvgIpc) is 2.29. The second kappa shape index (κ2) is 5.39. The Morgan fingerprint density at radius 1 is 1.05 bits per heavy atom. The van der Waals surface area contributed by atoms with Crippen molar-refractivity contribution < 1.29 is 35.5 Å². The molecule has 0 unspecified atom stereocenters. The van der Waals surface area contributed by atoms with Crippen LogP contribution >= 0.6 is 12.6 Å². The van der Waals surface area contributed by atoms with Gasteiger partial charge >= 0.3 is 18.0 Å². The number of amides is 1. The minimum atomic E-state index is -6.20. The maximum Gasteiger partial charge on any atom is 0.435 e. The summed E-state index contributed by atoms with van der Waals surface area (Å²) in [6.45, 7) is 1.11. The molecule has 21 heavy (non-hydrogen) atoms. The third kappa shape index (κ3) is 2.94. The molecule has 0 radical (unpaired) electrons. The number of alkyl halides is 7. The van der Waals surface area contributed by atoms with E-state index in [2.05, 4.69) is 17.9 Å². The monoisotopic (exact) mass is 335 g/mol. The number of halogens is 7. The van der Waals surface area contributed by atoms with E-state index >= 15 is 0 Å². The number of nitrogens with one attached hydrogen (secondary N) is 1. The number of carbonyl (C=O) groups is 1. The maximum absolute atomic E-state index is 13.8. The van der Waals surface area contributed by atoms with E-state index < -0.39 is 28.5 Å². The zero-order valence-electron chi connectivity index (χ0n) is 10.2. The molecule has 0 fully saturated rings. The standard InChI is InChI=1S/C11H8F7NOS/c1-5-2-6(3-7(21)8(5)19-4-20)9(12,10(13,14)15)11(16,17)18/h2-4,21H,1H3,(H,19,20). The summed E-state index contributed by atoms with van der Waals surface area (Å²) in [5.74, 6) is 0. The van der Waals surface area contributed by atoms with Crippen LogP contribution in [0.3, 0.4) is 0 Å². The van der Waals surface area contributed by atoms with Crippen LogP contribution in [0.2, 0.25) is 0 Å². The highest BCUT2D eigenvalue weighted by Crippen LogP contribution is 2.54. The summed E-state index contributed by atoms with van der Waals surface area (Å²) in [5.41, 5.74) is -7.48. The van der Waals surface area contributed by atoms with Crippen molar-refractivity contribution in [3.8, 4) is 0 Å². The number of anilines is 1. The summed E-state index contributed by atoms with van der Waals surface area (Å²) in [6.07, 6.45) is -12.2. The Labute approximate surface area is 119 Å². The first-order valence-corrected chi connectivity index (χ1v) is 5.67. The molecule has 1 aromatic carbocycles. The van der Waals surface area contributed by atoms with Crippen LogP contribution in [0.4, 0.5) is 36.4 Å². The van der Waals surface area contributed by atoms with Crippen LogP contribution < -0.4 is 5.32 Å². The predicted molar refractivity (Wildman–Crippen MR) is 63.0 cm³/mol. The normalized spacial score (nSPS) is 13.2. The molecule has 1 amide bonds. The van der Waals surface area contributed by atoms with Gasteiger partial charge in [-0.05, 0) is 18.6 Å². The van der Waals surface area contributed by atoms with E-state index in [1.54, 1.807) is 0 Å². The number of hydrogen-bond donors (Lipinski definition) is 2. The van der Waals surface area contributed by atoms with Gasteiger partial charge in [0.25, 0.3) is 0 Å². The Bertz CT molecular complexity index is 515. The zero-order chi connectivity index (χ0) is 16.6. The van der Waals surface area contributed by atoms with Crippen molar-refractivity contribution in [1.82, 2.24) is 0 Å². The van der Waals surface area contributed by atoms with Gasteiger partial charge in [0, 0.05) is 10.5 Å². The van der Waals surface area contributed by atoms with Crippen molar-refractivity contribution in [3.05, 3.63) is 23.3 Å². The molecule has 0 heterocycles. The van der Waals surface area contributed by atoms with E-state index in [1.165, 1.54) is 0 Å². The largest absolute Gasteiger partial charge is 0.435 e. The van der Waals surface area contributed by atoms with Crippen LogP contribution in [0.15, 0.2) is 17.0 Å². The smallest absolute Gasteiger partial charge is 0.327 e. The predicted octanol–water partition coefficient (Wildman–Crippen LogP) is 4.14. The molecule has 0 bridgehead atoms. The van der Waals surface area contributed by atoms with Crippen molar-refractivity contribution in [2.24, 2.45) is 0 Å². The van der Waals surface area contributed by atoms with E-state index in [9.17, 15) is 35.5 Å². The number of rotatable bonds is 3. The fourth-order valence-corrected chi connectivity index (χ4v) is 2.08. The van der Waals surface area contributed by atoms with Crippen molar-refractivity contribution in [1.29, 1.82) is 0 Å². The molecule has 0 aliphatic carbocycles. The lowest BCUT2D eigenvalue weighted by molar-refractivity contribution is -0.348. The minimum Gasteiger partial charge on any atom is -0.327 e. The Hall–Kier alpha value is -1.45. The van der Waals surface area contributed by atoms with Gasteiger partial charge in [-0.3, -0.25) is 4.79 Å². The van der Waals surface area contributed by atoms with E-state index in [4.69, 9.17) is 0 Å². The number of thiol groups is 1. The van der Waals surface area contributed by atoms with Crippen LogP contribution in [0.25, 0.3) is 0 Å². The molecule has 10 heteroatoms. The van der Waals surface area contributed by atoms with E-state index in [1.807, 2.05) is 0 Å². The molecule has 0 spiro atoms. The van der Waals surface area contributed by atoms with Crippen LogP contribution in [0, 0.1) is 6.92 Å². The van der Waals surface area contributed by atoms with Gasteiger partial charge in [0.05, 0.1) is 5.69 Å². The van der Waals surface area contributed by atoms with E-state index in [0.717, 1.165) is 6.92 Å². The first-order valence-electron chi connectivity index (χ1n) is 5.23. The number of benzene rings is 1. The molecule has 0 saturated heterocycles. The molecule has 0 aliphatic heterocycles. The number of carbonyl (C=O) groups excluding carboxylic acids is 1. The lowest BCUT2D eigenvalue weighted by atomic mass is 9.92. The highest BCUT2D eigenvalue weighted by molar-refractivity contribution is 7.80. The van der Waals surface area contributed by atoms with Gasteiger partial charge in [0.2, 0.25) is 6.41 Å². The summed E-state index contributed by atoms with van der Waals surface area (Å²) in [7, 11) is 0. The van der Waals surface area contributed by atoms with Crippen LogP contribution in [0.5, 0.6) is 0 Å². The average molecular weight is 335 g/mol. The summed E-state index contributed by atoms with van der Waals surface area (Å²) < 4.78 is 89.5. The Morgan fingerprint density at radius 2 is 1.52 bits per heavy atom. The van der Waals surface area contributed by atoms with Gasteiger partial charge in [-0.2, -0.15) is 26.3 Å². The Morgan fingerprint density at radius 3 is 1.86 bits per heavy atom. The molecule has 1 aromatic rings. The topological polar surface area (TPSA) is 29.1 Å². The molecule has 0 aliphatic rings. The SMILES string of the molecule is Cc1cc(C(F)(C(F)(F)F)C(F)(F)F)cc(S)c1NC=O. The van der Waals surface area contributed by atoms with Gasteiger partial charge in [0.1, 0.15) is 0 Å². The van der Waals surface area contributed by atoms with Gasteiger partial charge in [-0.25, -0.2) is 4.39 Å². The van der Waals surface area contributed by atoms with Gasteiger partial charge in [-0.1, -0.05) is 6.07 Å². The minimum absolute atomic E-state index is 0.108. The summed E-state index contributed by atoms with van der Waals surface area (Å²) in [4.78, 5) is 9.88. The summed E-state index contributed by atoms with van der Waals surface area (Å²) in [6, 6.07) is 0.648. The third-order valence-electron chi connectivity index (χ3n) is 2.70. The van der Waals surface area contributed by atoms with E-state index in [0.29, 0.717) is 6.07 Å².